The van der Waals surface area contributed by atoms with Crippen LogP contribution in [0.4, 0.5) is 0 Å². The molecule has 0 spiro atoms. The summed E-state index contributed by atoms with van der Waals surface area (Å²) in [5, 5.41) is 8.12. The molecule has 0 heterocycles. The van der Waals surface area contributed by atoms with Gasteiger partial charge in [0.1, 0.15) is 12.1 Å². The predicted octanol–water partition coefficient (Wildman–Crippen LogP) is 1.49. The highest BCUT2D eigenvalue weighted by Gasteiger charge is 2.21. The average Bonchev–Trinajstić information content (AvgIpc) is 2.52. The van der Waals surface area contributed by atoms with Crippen molar-refractivity contribution in [2.45, 2.75) is 39.3 Å². The number of carbonyl (C=O) groups excluding carboxylic acids is 3. The first kappa shape index (κ1) is 19.0. The van der Waals surface area contributed by atoms with Gasteiger partial charge in [0, 0.05) is 6.54 Å². The molecule has 1 aromatic carbocycles. The Morgan fingerprint density at radius 2 is 1.65 bits per heavy atom. The maximum Gasteiger partial charge on any atom is 0.253 e. The van der Waals surface area contributed by atoms with Crippen LogP contribution in [0.3, 0.4) is 0 Å². The van der Waals surface area contributed by atoms with E-state index in [1.807, 2.05) is 6.92 Å². The molecule has 1 rings (SSSR count). The maximum atomic E-state index is 12.1. The van der Waals surface area contributed by atoms with Crippen molar-refractivity contribution in [1.82, 2.24) is 16.0 Å². The molecule has 6 nitrogen and oxygen atoms in total. The van der Waals surface area contributed by atoms with Crippen molar-refractivity contribution in [3.8, 4) is 0 Å². The molecule has 0 aliphatic heterocycles. The number of halogens is 1. The Hall–Kier alpha value is -2.08. The van der Waals surface area contributed by atoms with Crippen LogP contribution in [0, 0.1) is 0 Å². The summed E-state index contributed by atoms with van der Waals surface area (Å²) in [5.74, 6) is -1.14. The minimum atomic E-state index is -0.791. The monoisotopic (exact) mass is 339 g/mol. The first-order valence-corrected chi connectivity index (χ1v) is 7.88. The minimum absolute atomic E-state index is 0.259. The third-order valence-electron chi connectivity index (χ3n) is 3.16. The Labute approximate surface area is 141 Å². The van der Waals surface area contributed by atoms with Crippen molar-refractivity contribution in [3.05, 3.63) is 34.9 Å². The number of nitrogens with one attached hydrogen (secondary N) is 3. The molecule has 126 valence electrons. The average molecular weight is 340 g/mol. The largest absolute Gasteiger partial charge is 0.354 e. The molecule has 0 aliphatic carbocycles. The summed E-state index contributed by atoms with van der Waals surface area (Å²) >= 11 is 5.94. The molecule has 0 aromatic heterocycles. The Morgan fingerprint density at radius 3 is 2.26 bits per heavy atom. The quantitative estimate of drug-likeness (QED) is 0.703. The maximum absolute atomic E-state index is 12.1. The van der Waals surface area contributed by atoms with Gasteiger partial charge in [-0.2, -0.15) is 0 Å². The Kier molecular flexibility index (Phi) is 7.54. The van der Waals surface area contributed by atoms with Crippen LogP contribution in [0.5, 0.6) is 0 Å². The standard InChI is InChI=1S/C16H22ClN3O3/c1-4-9-18-14(21)10(2)19-15(22)11(3)20-16(23)12-7-5-6-8-13(12)17/h5-8,10-11H,4,9H2,1-3H3,(H,18,21)(H,19,22)(H,20,23)/t10-,11-/m0/s1. The highest BCUT2D eigenvalue weighted by atomic mass is 35.5. The van der Waals surface area contributed by atoms with Gasteiger partial charge in [-0.25, -0.2) is 0 Å². The van der Waals surface area contributed by atoms with Crippen molar-refractivity contribution in [3.63, 3.8) is 0 Å². The van der Waals surface area contributed by atoms with Gasteiger partial charge in [-0.05, 0) is 32.4 Å². The Bertz CT molecular complexity index is 577. The van der Waals surface area contributed by atoms with E-state index in [2.05, 4.69) is 16.0 Å². The number of amides is 3. The van der Waals surface area contributed by atoms with Crippen LogP contribution >= 0.6 is 11.6 Å². The molecule has 23 heavy (non-hydrogen) atoms. The number of rotatable bonds is 7. The smallest absolute Gasteiger partial charge is 0.253 e. The van der Waals surface area contributed by atoms with Gasteiger partial charge in [-0.3, -0.25) is 14.4 Å². The zero-order valence-corrected chi connectivity index (χ0v) is 14.2. The lowest BCUT2D eigenvalue weighted by atomic mass is 10.2. The van der Waals surface area contributed by atoms with Gasteiger partial charge in [-0.1, -0.05) is 30.7 Å². The molecule has 3 N–H and O–H groups in total. The second-order valence-corrected chi connectivity index (χ2v) is 5.60. The summed E-state index contributed by atoms with van der Waals surface area (Å²) < 4.78 is 0. The van der Waals surface area contributed by atoms with E-state index in [-0.39, 0.29) is 5.91 Å². The topological polar surface area (TPSA) is 87.3 Å². The van der Waals surface area contributed by atoms with E-state index in [0.29, 0.717) is 17.1 Å². The number of benzene rings is 1. The van der Waals surface area contributed by atoms with Crippen LogP contribution in [0.15, 0.2) is 24.3 Å². The molecule has 0 unspecified atom stereocenters. The van der Waals surface area contributed by atoms with Crippen molar-refractivity contribution in [2.24, 2.45) is 0 Å². The minimum Gasteiger partial charge on any atom is -0.354 e. The molecular formula is C16H22ClN3O3. The van der Waals surface area contributed by atoms with E-state index in [0.717, 1.165) is 6.42 Å². The molecule has 3 amide bonds. The number of carbonyl (C=O) groups is 3. The highest BCUT2D eigenvalue weighted by molar-refractivity contribution is 6.33. The van der Waals surface area contributed by atoms with Crippen LogP contribution < -0.4 is 16.0 Å². The fourth-order valence-electron chi connectivity index (χ4n) is 1.79. The third-order valence-corrected chi connectivity index (χ3v) is 3.49. The first-order valence-electron chi connectivity index (χ1n) is 7.50. The summed E-state index contributed by atoms with van der Waals surface area (Å²) in [6.07, 6.45) is 0.816. The van der Waals surface area contributed by atoms with Crippen molar-refractivity contribution < 1.29 is 14.4 Å². The van der Waals surface area contributed by atoms with E-state index in [1.165, 1.54) is 0 Å². The molecule has 0 saturated carbocycles. The van der Waals surface area contributed by atoms with Gasteiger partial charge in [0.25, 0.3) is 5.91 Å². The summed E-state index contributed by atoms with van der Waals surface area (Å²) in [6.45, 7) is 5.62. The van der Waals surface area contributed by atoms with Gasteiger partial charge < -0.3 is 16.0 Å². The van der Waals surface area contributed by atoms with E-state index in [4.69, 9.17) is 11.6 Å². The predicted molar refractivity (Wildman–Crippen MR) is 89.3 cm³/mol. The highest BCUT2D eigenvalue weighted by Crippen LogP contribution is 2.14. The summed E-state index contributed by atoms with van der Waals surface area (Å²) in [5.41, 5.74) is 0.294. The molecule has 0 fully saturated rings. The van der Waals surface area contributed by atoms with Crippen molar-refractivity contribution in [2.75, 3.05) is 6.54 Å². The molecule has 7 heteroatoms. The van der Waals surface area contributed by atoms with Crippen molar-refractivity contribution >= 4 is 29.3 Å². The molecule has 0 radical (unpaired) electrons. The summed E-state index contributed by atoms with van der Waals surface area (Å²) in [7, 11) is 0. The van der Waals surface area contributed by atoms with E-state index in [1.54, 1.807) is 38.1 Å². The van der Waals surface area contributed by atoms with Crippen molar-refractivity contribution in [1.29, 1.82) is 0 Å². The fourth-order valence-corrected chi connectivity index (χ4v) is 2.01. The molecule has 0 saturated heterocycles. The van der Waals surface area contributed by atoms with Gasteiger partial charge in [0.05, 0.1) is 10.6 Å². The van der Waals surface area contributed by atoms with E-state index < -0.39 is 23.9 Å². The summed E-state index contributed by atoms with van der Waals surface area (Å²) in [6, 6.07) is 5.11. The molecular weight excluding hydrogens is 318 g/mol. The lowest BCUT2D eigenvalue weighted by Gasteiger charge is -2.18. The van der Waals surface area contributed by atoms with Gasteiger partial charge in [-0.15, -0.1) is 0 Å². The van der Waals surface area contributed by atoms with Crippen LogP contribution in [0.25, 0.3) is 0 Å². The second kappa shape index (κ2) is 9.15. The second-order valence-electron chi connectivity index (χ2n) is 5.20. The lowest BCUT2D eigenvalue weighted by molar-refractivity contribution is -0.129. The Balaban J connectivity index is 2.55. The Morgan fingerprint density at radius 1 is 1.04 bits per heavy atom. The summed E-state index contributed by atoms with van der Waals surface area (Å²) in [4.78, 5) is 35.8. The zero-order valence-electron chi connectivity index (χ0n) is 13.5. The zero-order chi connectivity index (χ0) is 17.4. The van der Waals surface area contributed by atoms with Crippen LogP contribution in [-0.4, -0.2) is 36.3 Å². The van der Waals surface area contributed by atoms with Crippen LogP contribution in [0.1, 0.15) is 37.6 Å². The molecule has 0 aliphatic rings. The molecule has 0 bridgehead atoms. The van der Waals surface area contributed by atoms with Crippen LogP contribution in [0.2, 0.25) is 5.02 Å². The molecule has 1 aromatic rings. The van der Waals surface area contributed by atoms with Gasteiger partial charge >= 0.3 is 0 Å². The molecule has 2 atom stereocenters. The van der Waals surface area contributed by atoms with Gasteiger partial charge in [0.2, 0.25) is 11.8 Å². The number of hydrogen-bond acceptors (Lipinski definition) is 3. The SMILES string of the molecule is CCCNC(=O)[C@H](C)NC(=O)[C@H](C)NC(=O)c1ccccc1Cl. The first-order chi connectivity index (χ1) is 10.9. The number of hydrogen-bond donors (Lipinski definition) is 3. The van der Waals surface area contributed by atoms with E-state index >= 15 is 0 Å². The normalized spacial score (nSPS) is 12.9. The van der Waals surface area contributed by atoms with Crippen LogP contribution in [-0.2, 0) is 9.59 Å². The van der Waals surface area contributed by atoms with Gasteiger partial charge in [0.15, 0.2) is 0 Å². The lowest BCUT2D eigenvalue weighted by Crippen LogP contribution is -2.51. The third kappa shape index (κ3) is 5.90. The van der Waals surface area contributed by atoms with E-state index in [9.17, 15) is 14.4 Å². The fraction of sp³-hybridized carbons (Fsp3) is 0.438.